The Hall–Kier alpha value is -5.05. The van der Waals surface area contributed by atoms with Crippen molar-refractivity contribution in [3.05, 3.63) is 114 Å². The molecule has 1 amide bonds. The van der Waals surface area contributed by atoms with Crippen molar-refractivity contribution in [3.8, 4) is 5.75 Å². The van der Waals surface area contributed by atoms with Crippen molar-refractivity contribution >= 4 is 28.5 Å². The van der Waals surface area contributed by atoms with Crippen LogP contribution in [0.25, 0.3) is 10.9 Å². The predicted molar refractivity (Wildman–Crippen MR) is 161 cm³/mol. The first-order valence-electron chi connectivity index (χ1n) is 14.0. The maximum atomic E-state index is 13.4. The van der Waals surface area contributed by atoms with E-state index in [9.17, 15) is 9.59 Å². The SMILES string of the molecule is COc1ccc(CN2C[C@H](COC(=O)c3cn(C)c4ccccc34)NC(=O)c3nn(CCc4ccccc4)cc32)cc1. The van der Waals surface area contributed by atoms with Crippen molar-refractivity contribution in [2.45, 2.75) is 25.6 Å². The lowest BCUT2D eigenvalue weighted by molar-refractivity contribution is 0.0462. The van der Waals surface area contributed by atoms with Crippen LogP contribution in [0.15, 0.2) is 91.3 Å². The van der Waals surface area contributed by atoms with Gasteiger partial charge in [-0.05, 0) is 35.7 Å². The molecule has 1 atom stereocenters. The molecule has 6 rings (SSSR count). The van der Waals surface area contributed by atoms with Gasteiger partial charge in [-0.2, -0.15) is 5.10 Å². The molecule has 0 aliphatic carbocycles. The number of anilines is 1. The Balaban J connectivity index is 1.22. The van der Waals surface area contributed by atoms with Crippen molar-refractivity contribution in [2.75, 3.05) is 25.2 Å². The molecule has 9 nitrogen and oxygen atoms in total. The minimum absolute atomic E-state index is 0.0329. The van der Waals surface area contributed by atoms with Gasteiger partial charge in [0.1, 0.15) is 12.4 Å². The summed E-state index contributed by atoms with van der Waals surface area (Å²) >= 11 is 0. The van der Waals surface area contributed by atoms with Gasteiger partial charge in [-0.3, -0.25) is 9.48 Å². The Bertz CT molecular complexity index is 1710. The van der Waals surface area contributed by atoms with Crippen molar-refractivity contribution in [3.63, 3.8) is 0 Å². The van der Waals surface area contributed by atoms with Gasteiger partial charge >= 0.3 is 5.97 Å². The summed E-state index contributed by atoms with van der Waals surface area (Å²) < 4.78 is 14.8. The van der Waals surface area contributed by atoms with Gasteiger partial charge in [0.2, 0.25) is 0 Å². The molecule has 2 aromatic heterocycles. The summed E-state index contributed by atoms with van der Waals surface area (Å²) in [6.45, 7) is 1.67. The number of carbonyl (C=O) groups excluding carboxylic acids is 2. The highest BCUT2D eigenvalue weighted by atomic mass is 16.5. The molecule has 0 bridgehead atoms. The molecule has 0 saturated carbocycles. The minimum Gasteiger partial charge on any atom is -0.497 e. The van der Waals surface area contributed by atoms with Crippen LogP contribution in [0.3, 0.4) is 0 Å². The number of methoxy groups -OCH3 is 1. The molecule has 1 aliphatic heterocycles. The number of aromatic nitrogens is 3. The smallest absolute Gasteiger partial charge is 0.340 e. The highest BCUT2D eigenvalue weighted by molar-refractivity contribution is 6.04. The Kier molecular flexibility index (Phi) is 7.64. The number of nitrogens with one attached hydrogen (secondary N) is 1. The van der Waals surface area contributed by atoms with E-state index in [4.69, 9.17) is 9.47 Å². The standard InChI is InChI=1S/C33H33N5O4/c1-36-20-28(27-10-6-7-11-29(27)36)33(40)42-22-25-19-37(18-24-12-14-26(41-2)15-13-24)30-21-38(35-31(30)32(39)34-25)17-16-23-8-4-3-5-9-23/h3-15,20-21,25H,16-19,22H2,1-2H3,(H,34,39)/t25-/m1/s1. The van der Waals surface area contributed by atoms with Crippen LogP contribution in [0.4, 0.5) is 5.69 Å². The summed E-state index contributed by atoms with van der Waals surface area (Å²) in [4.78, 5) is 28.7. The number of hydrogen-bond donors (Lipinski definition) is 1. The summed E-state index contributed by atoms with van der Waals surface area (Å²) in [6.07, 6.45) is 4.52. The monoisotopic (exact) mass is 563 g/mol. The fourth-order valence-electron chi connectivity index (χ4n) is 5.42. The molecular formula is C33H33N5O4. The van der Waals surface area contributed by atoms with E-state index in [0.717, 1.165) is 34.3 Å². The minimum atomic E-state index is -0.429. The first kappa shape index (κ1) is 27.1. The second-order valence-electron chi connectivity index (χ2n) is 10.5. The molecule has 1 aliphatic rings. The lowest BCUT2D eigenvalue weighted by atomic mass is 10.1. The molecule has 0 fully saturated rings. The number of para-hydroxylation sites is 1. The zero-order valence-corrected chi connectivity index (χ0v) is 23.7. The van der Waals surface area contributed by atoms with Gasteiger partial charge in [-0.15, -0.1) is 0 Å². The van der Waals surface area contributed by atoms with E-state index in [-0.39, 0.29) is 12.5 Å². The quantitative estimate of drug-likeness (QED) is 0.264. The van der Waals surface area contributed by atoms with Crippen LogP contribution in [-0.2, 0) is 31.3 Å². The van der Waals surface area contributed by atoms with Crippen LogP contribution in [0.1, 0.15) is 32.0 Å². The first-order chi connectivity index (χ1) is 20.5. The number of amides is 1. The number of rotatable bonds is 9. The third-order valence-electron chi connectivity index (χ3n) is 7.61. The van der Waals surface area contributed by atoms with Gasteiger partial charge in [0.15, 0.2) is 5.69 Å². The maximum Gasteiger partial charge on any atom is 0.340 e. The second-order valence-corrected chi connectivity index (χ2v) is 10.5. The van der Waals surface area contributed by atoms with E-state index in [1.807, 2.05) is 89.2 Å². The topological polar surface area (TPSA) is 90.6 Å². The Labute approximate surface area is 244 Å². The molecule has 42 heavy (non-hydrogen) atoms. The normalized spacial score (nSPS) is 14.8. The van der Waals surface area contributed by atoms with Crippen LogP contribution >= 0.6 is 0 Å². The molecular weight excluding hydrogens is 530 g/mol. The van der Waals surface area contributed by atoms with Crippen molar-refractivity contribution in [2.24, 2.45) is 7.05 Å². The summed E-state index contributed by atoms with van der Waals surface area (Å²) in [6, 6.07) is 25.3. The molecule has 5 aromatic rings. The third-order valence-corrected chi connectivity index (χ3v) is 7.61. The molecule has 214 valence electrons. The van der Waals surface area contributed by atoms with Crippen LogP contribution in [0.5, 0.6) is 5.75 Å². The van der Waals surface area contributed by atoms with Gasteiger partial charge in [-0.1, -0.05) is 60.7 Å². The fourth-order valence-corrected chi connectivity index (χ4v) is 5.42. The summed E-state index contributed by atoms with van der Waals surface area (Å²) in [5.74, 6) is 0.0712. The average molecular weight is 564 g/mol. The van der Waals surface area contributed by atoms with Gasteiger partial charge in [0, 0.05) is 50.0 Å². The number of nitrogens with zero attached hydrogens (tertiary/aromatic N) is 4. The van der Waals surface area contributed by atoms with E-state index in [1.165, 1.54) is 5.56 Å². The maximum absolute atomic E-state index is 13.4. The summed E-state index contributed by atoms with van der Waals surface area (Å²) in [7, 11) is 3.54. The van der Waals surface area contributed by atoms with Crippen LogP contribution in [-0.4, -0.2) is 52.5 Å². The molecule has 0 saturated heterocycles. The van der Waals surface area contributed by atoms with Crippen LogP contribution < -0.4 is 15.0 Å². The van der Waals surface area contributed by atoms with E-state index in [2.05, 4.69) is 27.4 Å². The molecule has 0 unspecified atom stereocenters. The van der Waals surface area contributed by atoms with Gasteiger partial charge in [0.05, 0.1) is 24.4 Å². The number of carbonyl (C=O) groups is 2. The zero-order chi connectivity index (χ0) is 29.1. The van der Waals surface area contributed by atoms with Crippen molar-refractivity contribution in [1.29, 1.82) is 0 Å². The third kappa shape index (κ3) is 5.72. The number of fused-ring (bicyclic) bond motifs is 2. The molecule has 0 spiro atoms. The number of benzene rings is 3. The number of aryl methyl sites for hydroxylation is 3. The van der Waals surface area contributed by atoms with E-state index in [1.54, 1.807) is 13.3 Å². The Morgan fingerprint density at radius 3 is 2.52 bits per heavy atom. The molecule has 3 heterocycles. The average Bonchev–Trinajstić information content (AvgIpc) is 3.57. The van der Waals surface area contributed by atoms with Gasteiger partial charge < -0.3 is 24.3 Å². The van der Waals surface area contributed by atoms with E-state index < -0.39 is 12.0 Å². The fraction of sp³-hybridized carbons (Fsp3) is 0.242. The lowest BCUT2D eigenvalue weighted by Crippen LogP contribution is -2.44. The number of esters is 1. The van der Waals surface area contributed by atoms with E-state index in [0.29, 0.717) is 30.9 Å². The highest BCUT2D eigenvalue weighted by Gasteiger charge is 2.31. The van der Waals surface area contributed by atoms with Crippen LogP contribution in [0, 0.1) is 0 Å². The lowest BCUT2D eigenvalue weighted by Gasteiger charge is -2.26. The summed E-state index contributed by atoms with van der Waals surface area (Å²) in [5.41, 5.74) is 4.82. The summed E-state index contributed by atoms with van der Waals surface area (Å²) in [5, 5.41) is 8.55. The zero-order valence-electron chi connectivity index (χ0n) is 23.7. The molecule has 0 radical (unpaired) electrons. The first-order valence-corrected chi connectivity index (χ1v) is 14.0. The van der Waals surface area contributed by atoms with Crippen LogP contribution in [0.2, 0.25) is 0 Å². The Morgan fingerprint density at radius 2 is 1.74 bits per heavy atom. The van der Waals surface area contributed by atoms with Gasteiger partial charge in [0.25, 0.3) is 5.91 Å². The van der Waals surface area contributed by atoms with Gasteiger partial charge in [-0.25, -0.2) is 4.79 Å². The number of hydrogen-bond acceptors (Lipinski definition) is 6. The largest absolute Gasteiger partial charge is 0.497 e. The second kappa shape index (κ2) is 11.8. The molecule has 9 heteroatoms. The van der Waals surface area contributed by atoms with E-state index >= 15 is 0 Å². The Morgan fingerprint density at radius 1 is 0.976 bits per heavy atom. The highest BCUT2D eigenvalue weighted by Crippen LogP contribution is 2.26. The molecule has 1 N–H and O–H groups in total. The van der Waals surface area contributed by atoms with Crippen molar-refractivity contribution in [1.82, 2.24) is 19.7 Å². The predicted octanol–water partition coefficient (Wildman–Crippen LogP) is 4.60. The number of ether oxygens (including phenoxy) is 2. The molecule has 3 aromatic carbocycles. The van der Waals surface area contributed by atoms with Crippen molar-refractivity contribution < 1.29 is 19.1 Å².